The van der Waals surface area contributed by atoms with Gasteiger partial charge in [0.1, 0.15) is 17.4 Å². The zero-order valence-corrected chi connectivity index (χ0v) is 22.5. The minimum Gasteiger partial charge on any atom is -0.495 e. The second kappa shape index (κ2) is 11.3. The van der Waals surface area contributed by atoms with Gasteiger partial charge in [0.15, 0.2) is 23.0 Å². The first-order valence-electron chi connectivity index (χ1n) is 12.1. The van der Waals surface area contributed by atoms with Crippen LogP contribution in [0.25, 0.3) is 17.2 Å². The Labute approximate surface area is 234 Å². The van der Waals surface area contributed by atoms with Crippen LogP contribution in [0.15, 0.2) is 42.0 Å². The summed E-state index contributed by atoms with van der Waals surface area (Å²) in [5, 5.41) is 12.7. The fraction of sp³-hybridized carbons (Fsp3) is 0.207. The van der Waals surface area contributed by atoms with Gasteiger partial charge in [-0.15, -0.1) is 0 Å². The molecule has 12 heteroatoms. The molecule has 2 aliphatic rings. The average molecular weight is 561 g/mol. The number of nitrogens with zero attached hydrogens (tertiary/aromatic N) is 1. The Morgan fingerprint density at radius 3 is 2.02 bits per heavy atom. The van der Waals surface area contributed by atoms with E-state index >= 15 is 0 Å². The van der Waals surface area contributed by atoms with Gasteiger partial charge in [-0.3, -0.25) is 4.79 Å². The number of anilines is 1. The van der Waals surface area contributed by atoms with Crippen molar-refractivity contribution in [1.29, 1.82) is 5.26 Å². The average Bonchev–Trinajstić information content (AvgIpc) is 3.69. The van der Waals surface area contributed by atoms with Gasteiger partial charge in [-0.2, -0.15) is 5.26 Å². The first kappa shape index (κ1) is 27.0. The molecule has 0 aliphatic carbocycles. The molecule has 0 saturated heterocycles. The Morgan fingerprint density at radius 1 is 0.829 bits per heavy atom. The van der Waals surface area contributed by atoms with E-state index in [0.717, 1.165) is 0 Å². The van der Waals surface area contributed by atoms with Crippen molar-refractivity contribution in [2.75, 3.05) is 47.3 Å². The summed E-state index contributed by atoms with van der Waals surface area (Å²) >= 11 is 0. The van der Waals surface area contributed by atoms with E-state index in [2.05, 4.69) is 5.32 Å². The molecule has 12 nitrogen and oxygen atoms in total. The van der Waals surface area contributed by atoms with Gasteiger partial charge < -0.3 is 43.2 Å². The van der Waals surface area contributed by atoms with Gasteiger partial charge >= 0.3 is 5.97 Å². The van der Waals surface area contributed by atoms with E-state index < -0.39 is 11.9 Å². The lowest BCUT2D eigenvalue weighted by Crippen LogP contribution is -2.14. The van der Waals surface area contributed by atoms with Crippen LogP contribution < -0.4 is 38.5 Å². The highest BCUT2D eigenvalue weighted by atomic mass is 16.7. The number of amides is 1. The van der Waals surface area contributed by atoms with Crippen molar-refractivity contribution in [2.45, 2.75) is 0 Å². The van der Waals surface area contributed by atoms with Crippen molar-refractivity contribution in [3.63, 3.8) is 0 Å². The third-order valence-electron chi connectivity index (χ3n) is 6.36. The SMILES string of the molecule is COC(=O)c1cc(OC)c2c(c1-c1c(/C=C(\C#N)C(=O)Nc3ccccc3OC)cc(OC)c3c1OCO3)OCO2. The van der Waals surface area contributed by atoms with Crippen LogP contribution in [0.3, 0.4) is 0 Å². The summed E-state index contributed by atoms with van der Waals surface area (Å²) in [4.78, 5) is 26.3. The van der Waals surface area contributed by atoms with E-state index in [-0.39, 0.29) is 75.9 Å². The van der Waals surface area contributed by atoms with Gasteiger partial charge in [-0.1, -0.05) is 12.1 Å². The molecular weight excluding hydrogens is 536 g/mol. The van der Waals surface area contributed by atoms with Gasteiger partial charge in [-0.25, -0.2) is 4.79 Å². The first-order valence-corrected chi connectivity index (χ1v) is 12.1. The molecule has 3 aromatic carbocycles. The van der Waals surface area contributed by atoms with Crippen LogP contribution in [0.1, 0.15) is 15.9 Å². The topological polar surface area (TPSA) is 144 Å². The van der Waals surface area contributed by atoms with Gasteiger partial charge in [0.05, 0.1) is 39.7 Å². The summed E-state index contributed by atoms with van der Waals surface area (Å²) in [5.74, 6) is 0.421. The van der Waals surface area contributed by atoms with Crippen LogP contribution in [-0.4, -0.2) is 53.9 Å². The standard InChI is InChI=1S/C29H24N2O10/c1-34-19-8-6-5-7-18(19)31-28(32)16(12-30)9-15-10-20(35-2)24-26(40-13-38-24)22(15)23-17(29(33)37-4)11-21(36-3)25-27(23)41-14-39-25/h5-11H,13-14H2,1-4H3,(H,31,32)/b16-9+. The predicted octanol–water partition coefficient (Wildman–Crippen LogP) is 4.17. The zero-order chi connectivity index (χ0) is 29.1. The molecule has 1 N–H and O–H groups in total. The summed E-state index contributed by atoms with van der Waals surface area (Å²) in [6.07, 6.45) is 1.35. The normalized spacial score (nSPS) is 12.8. The predicted molar refractivity (Wildman–Crippen MR) is 144 cm³/mol. The smallest absolute Gasteiger partial charge is 0.338 e. The lowest BCUT2D eigenvalue weighted by atomic mass is 9.91. The zero-order valence-electron chi connectivity index (χ0n) is 22.5. The quantitative estimate of drug-likeness (QED) is 0.241. The maximum absolute atomic E-state index is 13.3. The maximum Gasteiger partial charge on any atom is 0.338 e. The minimum atomic E-state index is -0.704. The molecule has 1 amide bonds. The van der Waals surface area contributed by atoms with Crippen molar-refractivity contribution >= 4 is 23.6 Å². The van der Waals surface area contributed by atoms with Gasteiger partial charge in [0.2, 0.25) is 25.1 Å². The molecule has 0 saturated carbocycles. The number of nitrogens with one attached hydrogen (secondary N) is 1. The number of hydrogen-bond acceptors (Lipinski definition) is 11. The second-order valence-corrected chi connectivity index (χ2v) is 8.49. The number of carbonyl (C=O) groups excluding carboxylic acids is 2. The molecule has 210 valence electrons. The van der Waals surface area contributed by atoms with Gasteiger partial charge in [-0.05, 0) is 35.9 Å². The number of methoxy groups -OCH3 is 4. The summed E-state index contributed by atoms with van der Waals surface area (Å²) in [7, 11) is 5.56. The number of hydrogen-bond donors (Lipinski definition) is 1. The van der Waals surface area contributed by atoms with Gasteiger partial charge in [0, 0.05) is 11.1 Å². The van der Waals surface area contributed by atoms with E-state index in [9.17, 15) is 14.9 Å². The molecule has 0 aromatic heterocycles. The van der Waals surface area contributed by atoms with Crippen LogP contribution in [0, 0.1) is 11.3 Å². The highest BCUT2D eigenvalue weighted by Gasteiger charge is 2.36. The third kappa shape index (κ3) is 4.74. The second-order valence-electron chi connectivity index (χ2n) is 8.49. The third-order valence-corrected chi connectivity index (χ3v) is 6.36. The number of esters is 1. The largest absolute Gasteiger partial charge is 0.495 e. The van der Waals surface area contributed by atoms with Crippen molar-refractivity contribution in [3.8, 4) is 57.4 Å². The molecule has 0 radical (unpaired) electrons. The summed E-state index contributed by atoms with van der Waals surface area (Å²) in [6.45, 7) is -0.288. The fourth-order valence-corrected chi connectivity index (χ4v) is 4.53. The van der Waals surface area contributed by atoms with E-state index in [4.69, 9.17) is 37.9 Å². The Bertz CT molecular complexity index is 1620. The molecule has 3 aromatic rings. The molecule has 0 bridgehead atoms. The Hall–Kier alpha value is -5.57. The number of rotatable bonds is 8. The van der Waals surface area contributed by atoms with Crippen LogP contribution in [0.2, 0.25) is 0 Å². The Kier molecular flexibility index (Phi) is 7.43. The number of fused-ring (bicyclic) bond motifs is 2. The van der Waals surface area contributed by atoms with Crippen molar-refractivity contribution in [2.24, 2.45) is 0 Å². The molecule has 0 fully saturated rings. The van der Waals surface area contributed by atoms with E-state index in [1.807, 2.05) is 6.07 Å². The fourth-order valence-electron chi connectivity index (χ4n) is 4.53. The Balaban J connectivity index is 1.76. The number of carbonyl (C=O) groups is 2. The molecule has 0 spiro atoms. The molecule has 41 heavy (non-hydrogen) atoms. The summed E-state index contributed by atoms with van der Waals surface area (Å²) < 4.78 is 44.3. The van der Waals surface area contributed by atoms with Crippen LogP contribution in [0.5, 0.6) is 40.2 Å². The highest BCUT2D eigenvalue weighted by molar-refractivity contribution is 6.12. The van der Waals surface area contributed by atoms with Crippen LogP contribution in [-0.2, 0) is 9.53 Å². The minimum absolute atomic E-state index is 0.0584. The van der Waals surface area contributed by atoms with Crippen molar-refractivity contribution < 1.29 is 47.5 Å². The first-order chi connectivity index (χ1) is 19.9. The molecule has 5 rings (SSSR count). The Morgan fingerprint density at radius 2 is 1.41 bits per heavy atom. The van der Waals surface area contributed by atoms with E-state index in [1.165, 1.54) is 40.6 Å². The van der Waals surface area contributed by atoms with Gasteiger partial charge in [0.25, 0.3) is 5.91 Å². The highest BCUT2D eigenvalue weighted by Crippen LogP contribution is 2.57. The number of benzene rings is 3. The summed E-state index contributed by atoms with van der Waals surface area (Å²) in [6, 6.07) is 11.7. The lowest BCUT2D eigenvalue weighted by molar-refractivity contribution is -0.112. The monoisotopic (exact) mass is 560 g/mol. The van der Waals surface area contributed by atoms with Crippen LogP contribution >= 0.6 is 0 Å². The van der Waals surface area contributed by atoms with E-state index in [0.29, 0.717) is 11.4 Å². The maximum atomic E-state index is 13.3. The van der Waals surface area contributed by atoms with Crippen molar-refractivity contribution in [1.82, 2.24) is 0 Å². The lowest BCUT2D eigenvalue weighted by Gasteiger charge is -2.18. The van der Waals surface area contributed by atoms with Crippen LogP contribution in [0.4, 0.5) is 5.69 Å². The number of ether oxygens (including phenoxy) is 8. The summed E-state index contributed by atoms with van der Waals surface area (Å²) in [5.41, 5.74) is 0.953. The molecule has 0 atom stereocenters. The number of nitriles is 1. The number of para-hydroxylation sites is 2. The molecular formula is C29H24N2O10. The van der Waals surface area contributed by atoms with Crippen molar-refractivity contribution in [3.05, 3.63) is 53.1 Å². The molecule has 2 heterocycles. The van der Waals surface area contributed by atoms with E-state index in [1.54, 1.807) is 30.3 Å². The molecule has 0 unspecified atom stereocenters. The molecule has 2 aliphatic heterocycles.